The van der Waals surface area contributed by atoms with Gasteiger partial charge in [0.25, 0.3) is 5.91 Å². The van der Waals surface area contributed by atoms with Crippen LogP contribution in [-0.2, 0) is 6.54 Å². The third-order valence-corrected chi connectivity index (χ3v) is 4.68. The maximum atomic E-state index is 12.3. The van der Waals surface area contributed by atoms with Gasteiger partial charge in [-0.3, -0.25) is 4.79 Å². The molecule has 2 heterocycles. The Morgan fingerprint density at radius 3 is 2.81 bits per heavy atom. The average Bonchev–Trinajstić information content (AvgIpc) is 3.34. The van der Waals surface area contributed by atoms with Gasteiger partial charge in [-0.15, -0.1) is 0 Å². The Labute approximate surface area is 154 Å². The number of imidazole rings is 1. The maximum Gasteiger partial charge on any atom is 0.251 e. The summed E-state index contributed by atoms with van der Waals surface area (Å²) in [6.07, 6.45) is 4.59. The smallest absolute Gasteiger partial charge is 0.251 e. The molecule has 4 aromatic rings. The van der Waals surface area contributed by atoms with E-state index in [2.05, 4.69) is 23.6 Å². The summed E-state index contributed by atoms with van der Waals surface area (Å²) in [5.41, 5.74) is 3.28. The molecule has 0 saturated heterocycles. The molecule has 2 aromatic heterocycles. The largest absolute Gasteiger partial charge is 0.352 e. The van der Waals surface area contributed by atoms with Crippen molar-refractivity contribution in [1.82, 2.24) is 23.6 Å². The van der Waals surface area contributed by atoms with Gasteiger partial charge in [0.1, 0.15) is 16.9 Å². The summed E-state index contributed by atoms with van der Waals surface area (Å²) in [7, 11) is 0. The van der Waals surface area contributed by atoms with Crippen LogP contribution in [0.1, 0.15) is 16.8 Å². The van der Waals surface area contributed by atoms with Crippen molar-refractivity contribution in [2.45, 2.75) is 13.0 Å². The Balaban J connectivity index is 1.33. The number of benzene rings is 2. The molecule has 0 bridgehead atoms. The number of hydrogen-bond donors (Lipinski definition) is 1. The van der Waals surface area contributed by atoms with Crippen LogP contribution in [0, 0.1) is 0 Å². The number of aryl methyl sites for hydroxylation is 1. The Morgan fingerprint density at radius 2 is 1.92 bits per heavy atom. The van der Waals surface area contributed by atoms with Crippen LogP contribution >= 0.6 is 11.7 Å². The van der Waals surface area contributed by atoms with Crippen molar-refractivity contribution in [3.63, 3.8) is 0 Å². The molecule has 26 heavy (non-hydrogen) atoms. The van der Waals surface area contributed by atoms with Crippen molar-refractivity contribution in [2.24, 2.45) is 0 Å². The van der Waals surface area contributed by atoms with Crippen molar-refractivity contribution >= 4 is 28.7 Å². The minimum Gasteiger partial charge on any atom is -0.352 e. The predicted molar refractivity (Wildman–Crippen MR) is 102 cm³/mol. The highest BCUT2D eigenvalue weighted by Gasteiger charge is 2.08. The van der Waals surface area contributed by atoms with Gasteiger partial charge in [0.05, 0.1) is 11.7 Å². The summed E-state index contributed by atoms with van der Waals surface area (Å²) < 4.78 is 10.4. The van der Waals surface area contributed by atoms with Gasteiger partial charge in [-0.25, -0.2) is 4.98 Å². The second-order valence-corrected chi connectivity index (χ2v) is 6.42. The molecular formula is C19H17N5OS. The molecule has 4 rings (SSSR count). The Kier molecular flexibility index (Phi) is 4.70. The number of nitrogens with zero attached hydrogens (tertiary/aromatic N) is 4. The van der Waals surface area contributed by atoms with E-state index in [1.54, 1.807) is 18.3 Å². The fraction of sp³-hybridized carbons (Fsp3) is 0.158. The van der Waals surface area contributed by atoms with Gasteiger partial charge < -0.3 is 9.88 Å². The first-order chi connectivity index (χ1) is 12.8. The quantitative estimate of drug-likeness (QED) is 0.533. The van der Waals surface area contributed by atoms with E-state index in [9.17, 15) is 4.79 Å². The third kappa shape index (κ3) is 3.48. The van der Waals surface area contributed by atoms with Gasteiger partial charge >= 0.3 is 0 Å². The van der Waals surface area contributed by atoms with Crippen LogP contribution in [0.2, 0.25) is 0 Å². The molecule has 0 saturated carbocycles. The molecule has 0 atom stereocenters. The first-order valence-electron chi connectivity index (χ1n) is 8.38. The normalized spacial score (nSPS) is 10.9. The van der Waals surface area contributed by atoms with Crippen LogP contribution in [0.15, 0.2) is 60.9 Å². The monoisotopic (exact) mass is 363 g/mol. The molecular weight excluding hydrogens is 346 g/mol. The van der Waals surface area contributed by atoms with Crippen molar-refractivity contribution < 1.29 is 4.79 Å². The Hall–Kier alpha value is -3.06. The number of aromatic nitrogens is 4. The van der Waals surface area contributed by atoms with Crippen molar-refractivity contribution in [3.05, 3.63) is 66.5 Å². The summed E-state index contributed by atoms with van der Waals surface area (Å²) in [5.74, 6) is 0.854. The zero-order valence-electron chi connectivity index (χ0n) is 14.0. The highest BCUT2D eigenvalue weighted by molar-refractivity contribution is 7.00. The van der Waals surface area contributed by atoms with E-state index in [0.29, 0.717) is 12.1 Å². The molecule has 6 nitrogen and oxygen atoms in total. The van der Waals surface area contributed by atoms with Gasteiger partial charge in [0.2, 0.25) is 0 Å². The number of amides is 1. The molecule has 0 spiro atoms. The lowest BCUT2D eigenvalue weighted by Gasteiger charge is -2.09. The second kappa shape index (κ2) is 7.45. The molecule has 0 aliphatic heterocycles. The summed E-state index contributed by atoms with van der Waals surface area (Å²) in [4.78, 5) is 16.7. The minimum absolute atomic E-state index is 0.0891. The first-order valence-corrected chi connectivity index (χ1v) is 9.11. The topological polar surface area (TPSA) is 72.7 Å². The molecule has 130 valence electrons. The molecule has 0 aliphatic carbocycles. The molecule has 2 aromatic carbocycles. The summed E-state index contributed by atoms with van der Waals surface area (Å²) in [6.45, 7) is 1.39. The standard InChI is InChI=1S/C19H17N5OS/c25-19(15-7-8-16-17(13-15)23-26-22-16)21-9-4-11-24-12-10-20-18(24)14-5-2-1-3-6-14/h1-3,5-8,10,12-13H,4,9,11H2,(H,21,25). The highest BCUT2D eigenvalue weighted by atomic mass is 32.1. The van der Waals surface area contributed by atoms with Gasteiger partial charge in [0.15, 0.2) is 0 Å². The number of hydrogen-bond acceptors (Lipinski definition) is 5. The zero-order valence-corrected chi connectivity index (χ0v) is 14.8. The molecule has 7 heteroatoms. The van der Waals surface area contributed by atoms with Crippen LogP contribution < -0.4 is 5.32 Å². The molecule has 0 radical (unpaired) electrons. The molecule has 0 fully saturated rings. The lowest BCUT2D eigenvalue weighted by molar-refractivity contribution is 0.0953. The van der Waals surface area contributed by atoms with Crippen LogP contribution in [0.3, 0.4) is 0 Å². The highest BCUT2D eigenvalue weighted by Crippen LogP contribution is 2.17. The van der Waals surface area contributed by atoms with Crippen LogP contribution in [0.4, 0.5) is 0 Å². The summed E-state index contributed by atoms with van der Waals surface area (Å²) >= 11 is 1.15. The molecule has 0 aliphatic rings. The second-order valence-electron chi connectivity index (χ2n) is 5.89. The number of carbonyl (C=O) groups is 1. The minimum atomic E-state index is -0.0891. The zero-order chi connectivity index (χ0) is 17.8. The van der Waals surface area contributed by atoms with Crippen LogP contribution in [0.25, 0.3) is 22.4 Å². The lowest BCUT2D eigenvalue weighted by atomic mass is 10.2. The molecule has 1 N–H and O–H groups in total. The number of carbonyl (C=O) groups excluding carboxylic acids is 1. The van der Waals surface area contributed by atoms with E-state index in [4.69, 9.17) is 0 Å². The van der Waals surface area contributed by atoms with Crippen LogP contribution in [-0.4, -0.2) is 30.8 Å². The predicted octanol–water partition coefficient (Wildman–Crippen LogP) is 3.37. The van der Waals surface area contributed by atoms with Gasteiger partial charge in [-0.1, -0.05) is 30.3 Å². The molecule has 0 unspecified atom stereocenters. The Bertz CT molecular complexity index is 1020. The van der Waals surface area contributed by atoms with Gasteiger partial charge in [0, 0.05) is 36.6 Å². The van der Waals surface area contributed by atoms with E-state index >= 15 is 0 Å². The number of nitrogens with one attached hydrogen (secondary N) is 1. The van der Waals surface area contributed by atoms with Crippen molar-refractivity contribution in [1.29, 1.82) is 0 Å². The maximum absolute atomic E-state index is 12.3. The van der Waals surface area contributed by atoms with E-state index in [1.807, 2.05) is 42.6 Å². The SMILES string of the molecule is O=C(NCCCn1ccnc1-c1ccccc1)c1ccc2nsnc2c1. The van der Waals surface area contributed by atoms with E-state index in [0.717, 1.165) is 47.1 Å². The number of fused-ring (bicyclic) bond motifs is 1. The van der Waals surface area contributed by atoms with E-state index in [-0.39, 0.29) is 5.91 Å². The van der Waals surface area contributed by atoms with Gasteiger partial charge in [-0.05, 0) is 24.6 Å². The Morgan fingerprint density at radius 1 is 1.08 bits per heavy atom. The summed E-state index contributed by atoms with van der Waals surface area (Å²) in [5, 5.41) is 2.96. The fourth-order valence-electron chi connectivity index (χ4n) is 2.81. The van der Waals surface area contributed by atoms with Crippen molar-refractivity contribution in [3.8, 4) is 11.4 Å². The lowest BCUT2D eigenvalue weighted by Crippen LogP contribution is -2.25. The molecule has 1 amide bonds. The van der Waals surface area contributed by atoms with Crippen LogP contribution in [0.5, 0.6) is 0 Å². The third-order valence-electron chi connectivity index (χ3n) is 4.12. The first kappa shape index (κ1) is 16.4. The van der Waals surface area contributed by atoms with Crippen molar-refractivity contribution in [2.75, 3.05) is 6.54 Å². The average molecular weight is 363 g/mol. The van der Waals surface area contributed by atoms with E-state index < -0.39 is 0 Å². The summed E-state index contributed by atoms with van der Waals surface area (Å²) in [6, 6.07) is 15.5. The number of rotatable bonds is 6. The van der Waals surface area contributed by atoms with E-state index in [1.165, 1.54) is 0 Å². The van der Waals surface area contributed by atoms with Gasteiger partial charge in [-0.2, -0.15) is 8.75 Å². The fourth-order valence-corrected chi connectivity index (χ4v) is 3.33.